The fraction of sp³-hybridized carbons (Fsp3) is 0.500. The number of methoxy groups -OCH3 is 1. The monoisotopic (exact) mass is 480 g/mol. The molecule has 0 saturated carbocycles. The number of nitrogens with one attached hydrogen (secondary N) is 1. The van der Waals surface area contributed by atoms with Gasteiger partial charge in [-0.15, -0.1) is 0 Å². The van der Waals surface area contributed by atoms with Crippen molar-refractivity contribution in [3.8, 4) is 17.2 Å². The van der Waals surface area contributed by atoms with E-state index in [4.69, 9.17) is 14.2 Å². The normalized spacial score (nSPS) is 15.4. The minimum atomic E-state index is -3.57. The molecule has 3 rings (SSSR count). The third-order valence-corrected chi connectivity index (χ3v) is 7.43. The number of hydrogen-bond donors (Lipinski definition) is 1. The number of nitrogens with zero attached hydrogens (tertiary/aromatic N) is 1. The van der Waals surface area contributed by atoms with Crippen molar-refractivity contribution in [3.63, 3.8) is 0 Å². The minimum Gasteiger partial charge on any atom is -0.495 e. The van der Waals surface area contributed by atoms with Gasteiger partial charge in [-0.05, 0) is 62.9 Å². The fourth-order valence-corrected chi connectivity index (χ4v) is 5.60. The number of hydrogen-bond acceptors (Lipinski definition) is 6. The Morgan fingerprint density at radius 1 is 1.06 bits per heavy atom. The maximum absolute atomic E-state index is 13.4. The largest absolute Gasteiger partial charge is 0.495 e. The van der Waals surface area contributed by atoms with Crippen LogP contribution in [-0.4, -0.2) is 58.7 Å². The van der Waals surface area contributed by atoms with Gasteiger partial charge in [0.1, 0.15) is 23.1 Å². The zero-order chi connectivity index (χ0) is 23.8. The molecule has 1 atom stereocenters. The average molecular weight is 481 g/mol. The molecule has 0 spiro atoms. The third-order valence-electron chi connectivity index (χ3n) is 5.51. The molecule has 182 valence electrons. The second-order valence-electron chi connectivity index (χ2n) is 8.03. The molecule has 1 unspecified atom stereocenters. The molecule has 0 radical (unpaired) electrons. The quantitative estimate of drug-likeness (QED) is 0.468. The Balaban J connectivity index is 1.57. The first-order chi connectivity index (χ1) is 15.8. The average Bonchev–Trinajstić information content (AvgIpc) is 3.34. The summed E-state index contributed by atoms with van der Waals surface area (Å²) in [5.74, 6) is 0.877. The zero-order valence-electron chi connectivity index (χ0n) is 19.5. The summed E-state index contributed by atoms with van der Waals surface area (Å²) in [6, 6.07) is 9.63. The Morgan fingerprint density at radius 3 is 2.48 bits per heavy atom. The summed E-state index contributed by atoms with van der Waals surface area (Å²) < 4.78 is 57.6. The van der Waals surface area contributed by atoms with E-state index in [1.54, 1.807) is 18.2 Å². The second-order valence-corrected chi connectivity index (χ2v) is 9.93. The summed E-state index contributed by atoms with van der Waals surface area (Å²) in [6.07, 6.45) is 2.41. The van der Waals surface area contributed by atoms with Crippen molar-refractivity contribution in [1.82, 2.24) is 9.62 Å². The van der Waals surface area contributed by atoms with Crippen LogP contribution in [0.15, 0.2) is 41.3 Å². The molecule has 1 saturated heterocycles. The lowest BCUT2D eigenvalue weighted by Crippen LogP contribution is -2.32. The third kappa shape index (κ3) is 6.59. The van der Waals surface area contributed by atoms with Crippen LogP contribution in [-0.2, 0) is 16.4 Å². The highest BCUT2D eigenvalue weighted by atomic mass is 32.2. The van der Waals surface area contributed by atoms with E-state index in [1.807, 2.05) is 19.9 Å². The molecule has 1 N–H and O–H groups in total. The molecule has 2 aromatic rings. The van der Waals surface area contributed by atoms with Gasteiger partial charge in [0.05, 0.1) is 13.7 Å². The number of ether oxygens (including phenoxy) is 3. The molecule has 1 aliphatic rings. The van der Waals surface area contributed by atoms with E-state index in [0.717, 1.165) is 18.4 Å². The molecule has 33 heavy (non-hydrogen) atoms. The topological polar surface area (TPSA) is 77.1 Å². The maximum Gasteiger partial charge on any atom is 0.246 e. The number of benzene rings is 2. The van der Waals surface area contributed by atoms with E-state index in [9.17, 15) is 12.8 Å². The number of halogens is 1. The van der Waals surface area contributed by atoms with E-state index in [2.05, 4.69) is 5.32 Å². The molecule has 2 aromatic carbocycles. The Morgan fingerprint density at radius 2 is 1.79 bits per heavy atom. The van der Waals surface area contributed by atoms with Crippen molar-refractivity contribution in [3.05, 3.63) is 47.8 Å². The van der Waals surface area contributed by atoms with Crippen LogP contribution in [0.5, 0.6) is 17.2 Å². The van der Waals surface area contributed by atoms with Crippen LogP contribution in [0, 0.1) is 5.82 Å². The van der Waals surface area contributed by atoms with E-state index in [0.29, 0.717) is 56.5 Å². The molecule has 0 amide bonds. The van der Waals surface area contributed by atoms with Gasteiger partial charge in [0.15, 0.2) is 11.5 Å². The van der Waals surface area contributed by atoms with Crippen LogP contribution in [0.4, 0.5) is 4.39 Å². The first kappa shape index (κ1) is 25.3. The van der Waals surface area contributed by atoms with Gasteiger partial charge < -0.3 is 19.5 Å². The highest BCUT2D eigenvalue weighted by Gasteiger charge is 2.30. The van der Waals surface area contributed by atoms with Crippen LogP contribution in [0.1, 0.15) is 32.3 Å². The van der Waals surface area contributed by atoms with Gasteiger partial charge in [0.2, 0.25) is 10.0 Å². The molecule has 0 bridgehead atoms. The van der Waals surface area contributed by atoms with Gasteiger partial charge in [-0.25, -0.2) is 12.8 Å². The number of sulfonamides is 1. The second kappa shape index (κ2) is 11.7. The van der Waals surface area contributed by atoms with Crippen LogP contribution < -0.4 is 19.5 Å². The molecular weight excluding hydrogens is 447 g/mol. The lowest BCUT2D eigenvalue weighted by molar-refractivity contribution is 0.271. The van der Waals surface area contributed by atoms with E-state index >= 15 is 0 Å². The van der Waals surface area contributed by atoms with Gasteiger partial charge in [-0.1, -0.05) is 6.07 Å². The summed E-state index contributed by atoms with van der Waals surface area (Å²) in [7, 11) is -2.09. The minimum absolute atomic E-state index is 0.0870. The van der Waals surface area contributed by atoms with Crippen molar-refractivity contribution in [2.45, 2.75) is 44.0 Å². The van der Waals surface area contributed by atoms with Crippen molar-refractivity contribution in [1.29, 1.82) is 0 Å². The molecular formula is C24H33FN2O5S. The van der Waals surface area contributed by atoms with Crippen molar-refractivity contribution < 1.29 is 27.0 Å². The van der Waals surface area contributed by atoms with Crippen molar-refractivity contribution >= 4 is 10.0 Å². The molecule has 0 aliphatic carbocycles. The van der Waals surface area contributed by atoms with Gasteiger partial charge in [0, 0.05) is 31.7 Å². The summed E-state index contributed by atoms with van der Waals surface area (Å²) >= 11 is 0. The van der Waals surface area contributed by atoms with Crippen LogP contribution in [0.3, 0.4) is 0 Å². The lowest BCUT2D eigenvalue weighted by Gasteiger charge is -2.19. The van der Waals surface area contributed by atoms with Gasteiger partial charge in [0.25, 0.3) is 0 Å². The number of rotatable bonds is 12. The van der Waals surface area contributed by atoms with Crippen LogP contribution >= 0.6 is 0 Å². The smallest absolute Gasteiger partial charge is 0.246 e. The maximum atomic E-state index is 13.4. The molecule has 1 heterocycles. The van der Waals surface area contributed by atoms with E-state index in [-0.39, 0.29) is 16.8 Å². The predicted molar refractivity (Wildman–Crippen MR) is 125 cm³/mol. The summed E-state index contributed by atoms with van der Waals surface area (Å²) in [5.41, 5.74) is 0.909. The van der Waals surface area contributed by atoms with Crippen LogP contribution in [0.25, 0.3) is 0 Å². The van der Waals surface area contributed by atoms with E-state index < -0.39 is 10.0 Å². The van der Waals surface area contributed by atoms with E-state index in [1.165, 1.54) is 23.5 Å². The Bertz CT molecular complexity index is 1030. The first-order valence-corrected chi connectivity index (χ1v) is 12.7. The standard InChI is InChI=1S/C24H33FN2O5S/c1-4-31-23-17-20(25)8-10-21(23)32-14-11-26-18(2)15-19-7-9-22(30-3)24(16-19)33(28,29)27-12-5-6-13-27/h7-10,16-18,26H,4-6,11-15H2,1-3H3. The highest BCUT2D eigenvalue weighted by Crippen LogP contribution is 2.30. The van der Waals surface area contributed by atoms with Gasteiger partial charge in [-0.2, -0.15) is 4.31 Å². The van der Waals surface area contributed by atoms with Crippen molar-refractivity contribution in [2.24, 2.45) is 0 Å². The Hall–Kier alpha value is -2.36. The van der Waals surface area contributed by atoms with Gasteiger partial charge >= 0.3 is 0 Å². The first-order valence-electron chi connectivity index (χ1n) is 11.3. The Kier molecular flexibility index (Phi) is 8.94. The highest BCUT2D eigenvalue weighted by molar-refractivity contribution is 7.89. The van der Waals surface area contributed by atoms with Crippen LogP contribution in [0.2, 0.25) is 0 Å². The molecule has 1 aliphatic heterocycles. The molecule has 9 heteroatoms. The summed E-state index contributed by atoms with van der Waals surface area (Å²) in [5, 5.41) is 3.38. The lowest BCUT2D eigenvalue weighted by atomic mass is 10.1. The Labute approximate surface area is 195 Å². The summed E-state index contributed by atoms with van der Waals surface area (Å²) in [4.78, 5) is 0.222. The zero-order valence-corrected chi connectivity index (χ0v) is 20.3. The fourth-order valence-electron chi connectivity index (χ4n) is 3.88. The molecule has 7 nitrogen and oxygen atoms in total. The predicted octanol–water partition coefficient (Wildman–Crippen LogP) is 3.62. The molecule has 0 aromatic heterocycles. The SMILES string of the molecule is CCOc1cc(F)ccc1OCCNC(C)Cc1ccc(OC)c(S(=O)(=O)N2CCCC2)c1. The molecule has 1 fully saturated rings. The van der Waals surface area contributed by atoms with Crippen molar-refractivity contribution in [2.75, 3.05) is 40.0 Å². The summed E-state index contributed by atoms with van der Waals surface area (Å²) in [6.45, 7) is 6.33. The van der Waals surface area contributed by atoms with Gasteiger partial charge in [-0.3, -0.25) is 0 Å².